The Hall–Kier alpha value is -5.17. The Morgan fingerprint density at radius 1 is 0.930 bits per heavy atom. The van der Waals surface area contributed by atoms with Crippen LogP contribution in [0.3, 0.4) is 0 Å². The molecule has 0 aliphatic carbocycles. The molecule has 1 N–H and O–H groups in total. The smallest absolute Gasteiger partial charge is 0.340 e. The van der Waals surface area contributed by atoms with Gasteiger partial charge in [0.15, 0.2) is 0 Å². The fourth-order valence-corrected chi connectivity index (χ4v) is 4.84. The molecule has 0 fully saturated rings. The molecule has 0 aliphatic heterocycles. The SMILES string of the molecule is O=c1cc(-c2cc(Cl)ccc2-n2cnnn2)ccn1[C@@H](Cc1ccc(F)cc1)c1ncc(-c2ccc(C(F)(F)F)nc2)[nH]1. The molecule has 0 bridgehead atoms. The molecule has 6 aromatic rings. The second kappa shape index (κ2) is 11.2. The first-order chi connectivity index (χ1) is 20.7. The van der Waals surface area contributed by atoms with E-state index in [9.17, 15) is 22.4 Å². The van der Waals surface area contributed by atoms with Gasteiger partial charge in [-0.05, 0) is 70.1 Å². The van der Waals surface area contributed by atoms with Crippen LogP contribution >= 0.6 is 11.6 Å². The Balaban J connectivity index is 1.39. The van der Waals surface area contributed by atoms with E-state index in [2.05, 4.69) is 30.5 Å². The Bertz CT molecular complexity index is 1940. The van der Waals surface area contributed by atoms with Gasteiger partial charge in [-0.1, -0.05) is 23.7 Å². The summed E-state index contributed by atoms with van der Waals surface area (Å²) in [6.45, 7) is 0. The summed E-state index contributed by atoms with van der Waals surface area (Å²) >= 11 is 6.27. The maximum Gasteiger partial charge on any atom is 0.433 e. The maximum absolute atomic E-state index is 13.6. The van der Waals surface area contributed by atoms with Crippen LogP contribution in [0.1, 0.15) is 23.1 Å². The molecule has 14 heteroatoms. The number of benzene rings is 2. The number of hydrogen-bond acceptors (Lipinski definition) is 6. The molecule has 0 spiro atoms. The number of tetrazole rings is 1. The van der Waals surface area contributed by atoms with Crippen molar-refractivity contribution < 1.29 is 17.6 Å². The number of hydrogen-bond donors (Lipinski definition) is 1. The van der Waals surface area contributed by atoms with Gasteiger partial charge in [-0.15, -0.1) is 5.10 Å². The molecule has 216 valence electrons. The van der Waals surface area contributed by atoms with Gasteiger partial charge in [0.2, 0.25) is 0 Å². The van der Waals surface area contributed by atoms with Crippen molar-refractivity contribution in [3.63, 3.8) is 0 Å². The number of halogens is 5. The first kappa shape index (κ1) is 28.0. The number of nitrogens with one attached hydrogen (secondary N) is 1. The predicted molar refractivity (Wildman–Crippen MR) is 149 cm³/mol. The van der Waals surface area contributed by atoms with Gasteiger partial charge in [0.05, 0.1) is 23.6 Å². The molecular formula is C29H19ClF4N8O. The number of rotatable bonds is 7. The molecule has 43 heavy (non-hydrogen) atoms. The summed E-state index contributed by atoms with van der Waals surface area (Å²) in [4.78, 5) is 24.7. The van der Waals surface area contributed by atoms with Crippen molar-refractivity contribution >= 4 is 11.6 Å². The van der Waals surface area contributed by atoms with E-state index in [1.165, 1.54) is 46.0 Å². The zero-order chi connectivity index (χ0) is 30.1. The number of aromatic nitrogens is 8. The normalized spacial score (nSPS) is 12.4. The van der Waals surface area contributed by atoms with Crippen molar-refractivity contribution in [1.29, 1.82) is 0 Å². The zero-order valence-electron chi connectivity index (χ0n) is 21.9. The molecule has 0 unspecified atom stereocenters. The molecule has 2 aromatic carbocycles. The fourth-order valence-electron chi connectivity index (χ4n) is 4.67. The second-order valence-electron chi connectivity index (χ2n) is 9.54. The molecule has 9 nitrogen and oxygen atoms in total. The van der Waals surface area contributed by atoms with Gasteiger partial charge < -0.3 is 9.55 Å². The van der Waals surface area contributed by atoms with E-state index in [4.69, 9.17) is 11.6 Å². The monoisotopic (exact) mass is 606 g/mol. The lowest BCUT2D eigenvalue weighted by molar-refractivity contribution is -0.141. The molecule has 0 aliphatic rings. The first-order valence-corrected chi connectivity index (χ1v) is 13.1. The van der Waals surface area contributed by atoms with Gasteiger partial charge in [0.25, 0.3) is 5.56 Å². The van der Waals surface area contributed by atoms with E-state index in [-0.39, 0.29) is 12.0 Å². The van der Waals surface area contributed by atoms with Gasteiger partial charge in [-0.3, -0.25) is 9.78 Å². The van der Waals surface area contributed by atoms with Crippen molar-refractivity contribution in [3.05, 3.63) is 130 Å². The Morgan fingerprint density at radius 3 is 2.42 bits per heavy atom. The summed E-state index contributed by atoms with van der Waals surface area (Å²) in [5.41, 5.74) is 1.92. The lowest BCUT2D eigenvalue weighted by Crippen LogP contribution is -2.27. The van der Waals surface area contributed by atoms with Crippen molar-refractivity contribution in [2.75, 3.05) is 0 Å². The molecule has 0 radical (unpaired) electrons. The average Bonchev–Trinajstić information content (AvgIpc) is 3.70. The van der Waals surface area contributed by atoms with Crippen LogP contribution in [0.25, 0.3) is 28.1 Å². The molecule has 0 amide bonds. The van der Waals surface area contributed by atoms with Gasteiger partial charge in [-0.25, -0.2) is 9.37 Å². The van der Waals surface area contributed by atoms with E-state index in [1.54, 1.807) is 42.6 Å². The van der Waals surface area contributed by atoms with Crippen LogP contribution in [0.2, 0.25) is 5.02 Å². The van der Waals surface area contributed by atoms with E-state index < -0.39 is 23.7 Å². The summed E-state index contributed by atoms with van der Waals surface area (Å²) in [5, 5.41) is 11.7. The minimum atomic E-state index is -4.57. The molecule has 0 saturated carbocycles. The molecule has 6 rings (SSSR count). The second-order valence-corrected chi connectivity index (χ2v) is 9.97. The number of imidazole rings is 1. The third-order valence-corrected chi connectivity index (χ3v) is 7.00. The van der Waals surface area contributed by atoms with Crippen LogP contribution in [-0.2, 0) is 12.6 Å². The molecule has 4 aromatic heterocycles. The van der Waals surface area contributed by atoms with Crippen LogP contribution in [0.5, 0.6) is 0 Å². The maximum atomic E-state index is 13.6. The van der Waals surface area contributed by atoms with Gasteiger partial charge in [0.1, 0.15) is 23.7 Å². The minimum Gasteiger partial charge on any atom is -0.340 e. The lowest BCUT2D eigenvalue weighted by Gasteiger charge is -2.19. The van der Waals surface area contributed by atoms with Crippen LogP contribution in [-0.4, -0.2) is 39.7 Å². The van der Waals surface area contributed by atoms with E-state index >= 15 is 0 Å². The van der Waals surface area contributed by atoms with E-state index in [0.717, 1.165) is 17.8 Å². The third-order valence-electron chi connectivity index (χ3n) is 6.77. The molecular weight excluding hydrogens is 588 g/mol. The Kier molecular flexibility index (Phi) is 7.32. The summed E-state index contributed by atoms with van der Waals surface area (Å²) in [5.74, 6) is -0.0389. The summed E-state index contributed by atoms with van der Waals surface area (Å²) < 4.78 is 55.5. The fraction of sp³-hybridized carbons (Fsp3) is 0.103. The summed E-state index contributed by atoms with van der Waals surface area (Å²) in [6, 6.07) is 15.6. The lowest BCUT2D eigenvalue weighted by atomic mass is 10.0. The van der Waals surface area contributed by atoms with Crippen LogP contribution in [0, 0.1) is 5.82 Å². The van der Waals surface area contributed by atoms with Crippen LogP contribution in [0.4, 0.5) is 17.6 Å². The highest BCUT2D eigenvalue weighted by atomic mass is 35.5. The van der Waals surface area contributed by atoms with E-state index in [1.807, 2.05) is 0 Å². The van der Waals surface area contributed by atoms with Crippen molar-refractivity contribution in [2.24, 2.45) is 0 Å². The third kappa shape index (κ3) is 5.93. The predicted octanol–water partition coefficient (Wildman–Crippen LogP) is 5.92. The largest absolute Gasteiger partial charge is 0.433 e. The van der Waals surface area contributed by atoms with Gasteiger partial charge in [-0.2, -0.15) is 17.9 Å². The van der Waals surface area contributed by atoms with Gasteiger partial charge in [0, 0.05) is 41.0 Å². The highest BCUT2D eigenvalue weighted by Crippen LogP contribution is 2.31. The number of pyridine rings is 2. The number of nitrogens with zero attached hydrogens (tertiary/aromatic N) is 7. The van der Waals surface area contributed by atoms with E-state index in [0.29, 0.717) is 38.9 Å². The Labute approximate surface area is 245 Å². The molecule has 1 atom stereocenters. The minimum absolute atomic E-state index is 0.255. The average molecular weight is 607 g/mol. The number of aromatic amines is 1. The highest BCUT2D eigenvalue weighted by Gasteiger charge is 2.32. The van der Waals surface area contributed by atoms with Crippen molar-refractivity contribution in [1.82, 2.24) is 39.7 Å². The highest BCUT2D eigenvalue weighted by molar-refractivity contribution is 6.31. The Morgan fingerprint density at radius 2 is 1.74 bits per heavy atom. The van der Waals surface area contributed by atoms with Crippen LogP contribution in [0.15, 0.2) is 96.4 Å². The van der Waals surface area contributed by atoms with Crippen LogP contribution < -0.4 is 5.56 Å². The quantitative estimate of drug-likeness (QED) is 0.226. The molecule has 0 saturated heterocycles. The number of alkyl halides is 3. The number of H-pyrrole nitrogens is 1. The summed E-state index contributed by atoms with van der Waals surface area (Å²) in [6.07, 6.45) is 1.28. The summed E-state index contributed by atoms with van der Waals surface area (Å²) in [7, 11) is 0. The zero-order valence-corrected chi connectivity index (χ0v) is 22.6. The van der Waals surface area contributed by atoms with Crippen molar-refractivity contribution in [3.8, 4) is 28.1 Å². The van der Waals surface area contributed by atoms with Gasteiger partial charge >= 0.3 is 6.18 Å². The molecule has 4 heterocycles. The standard InChI is InChI=1S/C29H19ClF4N8O/c30-20-4-7-24(42-16-37-39-40-42)22(13-20)18-9-10-41(27(43)12-18)25(11-17-1-5-21(31)6-2-17)28-36-15-23(38-28)19-3-8-26(35-14-19)29(32,33)34/h1-10,12-16,25H,11H2,(H,36,38)/t25-/m0/s1. The van der Waals surface area contributed by atoms with Crippen molar-refractivity contribution in [2.45, 2.75) is 18.6 Å². The topological polar surface area (TPSA) is 107 Å². The first-order valence-electron chi connectivity index (χ1n) is 12.7.